The molecule has 0 aromatic carbocycles. The first-order chi connectivity index (χ1) is 7.41. The van der Waals surface area contributed by atoms with E-state index in [4.69, 9.17) is 38.8 Å². The first-order valence-electron chi connectivity index (χ1n) is 3.04. The zero-order valence-corrected chi connectivity index (χ0v) is 14.4. The molecule has 0 saturated carbocycles. The molecule has 0 aromatic rings. The second kappa shape index (κ2) is 8.84. The molecule has 0 aliphatic rings. The van der Waals surface area contributed by atoms with Crippen molar-refractivity contribution in [2.45, 2.75) is 0 Å². The third kappa shape index (κ3) is 32.8. The van der Waals surface area contributed by atoms with Gasteiger partial charge < -0.3 is 39.1 Å². The molecule has 112 valence electrons. The molecule has 0 saturated heterocycles. The number of phosphoric acid groups is 4. The molecule has 0 radical (unpaired) electrons. The average molecular weight is 378 g/mol. The summed E-state index contributed by atoms with van der Waals surface area (Å²) in [4.78, 5) is 63.4. The molecule has 0 aliphatic carbocycles. The van der Waals surface area contributed by atoms with Crippen LogP contribution >= 0.6 is 31.3 Å². The van der Waals surface area contributed by atoms with Gasteiger partial charge in [0.2, 0.25) is 0 Å². The van der Waals surface area contributed by atoms with Crippen molar-refractivity contribution in [3.8, 4) is 0 Å². The summed E-state index contributed by atoms with van der Waals surface area (Å²) in [5, 5.41) is 0. The Morgan fingerprint density at radius 3 is 1.16 bits per heavy atom. The van der Waals surface area contributed by atoms with E-state index in [0.29, 0.717) is 0 Å². The van der Waals surface area contributed by atoms with Crippen molar-refractivity contribution in [1.29, 1.82) is 0 Å². The number of hydrogen-bond donors (Lipinski definition) is 7. The molecular formula is H7NaO14P4. The van der Waals surface area contributed by atoms with E-state index < -0.39 is 31.3 Å². The Balaban J connectivity index is -0.000000366. The van der Waals surface area contributed by atoms with Gasteiger partial charge in [-0.1, -0.05) is 0 Å². The van der Waals surface area contributed by atoms with Gasteiger partial charge in [-0.05, 0) is 0 Å². The largest absolute Gasteiger partial charge is 1.00 e. The fourth-order valence-corrected chi connectivity index (χ4v) is 2.79. The molecule has 7 N–H and O–H groups in total. The van der Waals surface area contributed by atoms with Gasteiger partial charge in [-0.3, -0.25) is 4.57 Å². The van der Waals surface area contributed by atoms with Gasteiger partial charge in [0.15, 0.2) is 0 Å². The van der Waals surface area contributed by atoms with Crippen molar-refractivity contribution >= 4 is 31.3 Å². The standard InChI is InChI=1S/Na.H5O10P3.H3O4P/c;1-11(2,3)9-13(7,8)10-12(4,5)6;1-5(2,3)4/h;(H,7,8)(H2,1,2,3)(H2,4,5,6);(H3,1,2,3,4)/q+1;;/p-1. The van der Waals surface area contributed by atoms with Crippen LogP contribution in [0, 0.1) is 0 Å². The van der Waals surface area contributed by atoms with Crippen LogP contribution in [-0.4, -0.2) is 34.3 Å². The van der Waals surface area contributed by atoms with E-state index in [1.54, 1.807) is 0 Å². The molecule has 19 heavy (non-hydrogen) atoms. The Kier molecular flexibility index (Phi) is 11.9. The third-order valence-corrected chi connectivity index (χ3v) is 3.74. The van der Waals surface area contributed by atoms with Crippen molar-refractivity contribution in [1.82, 2.24) is 0 Å². The Labute approximate surface area is 127 Å². The van der Waals surface area contributed by atoms with Crippen molar-refractivity contribution in [3.05, 3.63) is 0 Å². The van der Waals surface area contributed by atoms with Crippen LogP contribution in [0.4, 0.5) is 0 Å². The smallest absolute Gasteiger partial charge is 0.756 e. The molecule has 19 heteroatoms. The number of hydrogen-bond acceptors (Lipinski definition) is 7. The molecule has 0 spiro atoms. The van der Waals surface area contributed by atoms with Crippen molar-refractivity contribution in [3.63, 3.8) is 0 Å². The molecule has 0 aromatic heterocycles. The normalized spacial score (nSPS) is 18.1. The molecule has 0 bridgehead atoms. The fourth-order valence-electron chi connectivity index (χ4n) is 0.280. The van der Waals surface area contributed by atoms with E-state index in [2.05, 4.69) is 8.62 Å². The zero-order chi connectivity index (χ0) is 15.4. The topological polar surface area (TPSA) is 251 Å². The quantitative estimate of drug-likeness (QED) is 0.178. The SMILES string of the molecule is O=P(O)(O)O.O=P([O-])(O)OP(=O)(O)OP(=O)(O)O.[Na+]. The minimum Gasteiger partial charge on any atom is -0.756 e. The summed E-state index contributed by atoms with van der Waals surface area (Å²) >= 11 is 0. The van der Waals surface area contributed by atoms with Gasteiger partial charge in [0, 0.05) is 0 Å². The van der Waals surface area contributed by atoms with E-state index in [9.17, 15) is 18.6 Å². The van der Waals surface area contributed by atoms with Gasteiger partial charge in [-0.15, -0.1) is 0 Å². The molecular weight excluding hydrogens is 371 g/mol. The Morgan fingerprint density at radius 1 is 0.737 bits per heavy atom. The maximum atomic E-state index is 10.3. The van der Waals surface area contributed by atoms with Crippen molar-refractivity contribution in [2.75, 3.05) is 0 Å². The van der Waals surface area contributed by atoms with Crippen LogP contribution in [0.5, 0.6) is 0 Å². The Bertz CT molecular complexity index is 394. The average Bonchev–Trinajstić information content (AvgIpc) is 1.64. The molecule has 0 aliphatic heterocycles. The first-order valence-corrected chi connectivity index (χ1v) is 9.13. The minimum atomic E-state index is -5.60. The summed E-state index contributed by atoms with van der Waals surface area (Å²) in [7, 11) is -21.2. The summed E-state index contributed by atoms with van der Waals surface area (Å²) in [6.07, 6.45) is 0. The van der Waals surface area contributed by atoms with Crippen LogP contribution in [0.15, 0.2) is 0 Å². The van der Waals surface area contributed by atoms with Gasteiger partial charge in [-0.25, -0.2) is 18.0 Å². The maximum Gasteiger partial charge on any atom is 1.00 e. The van der Waals surface area contributed by atoms with Gasteiger partial charge in [0.1, 0.15) is 0 Å². The van der Waals surface area contributed by atoms with Gasteiger partial charge in [0.05, 0.1) is 0 Å². The second-order valence-electron chi connectivity index (χ2n) is 2.10. The van der Waals surface area contributed by atoms with Crippen LogP contribution in [-0.2, 0) is 26.9 Å². The zero-order valence-electron chi connectivity index (χ0n) is 8.78. The van der Waals surface area contributed by atoms with Gasteiger partial charge >= 0.3 is 53.0 Å². The molecule has 0 heterocycles. The van der Waals surface area contributed by atoms with Crippen LogP contribution in [0.25, 0.3) is 0 Å². The minimum absolute atomic E-state index is 0. The van der Waals surface area contributed by atoms with E-state index in [1.165, 1.54) is 0 Å². The molecule has 2 atom stereocenters. The van der Waals surface area contributed by atoms with E-state index in [0.717, 1.165) is 0 Å². The van der Waals surface area contributed by atoms with Crippen LogP contribution < -0.4 is 34.5 Å². The Hall–Kier alpha value is 1.52. The molecule has 14 nitrogen and oxygen atoms in total. The first kappa shape index (κ1) is 25.5. The van der Waals surface area contributed by atoms with Crippen molar-refractivity contribution in [2.24, 2.45) is 0 Å². The van der Waals surface area contributed by atoms with Gasteiger partial charge in [-0.2, -0.15) is 4.31 Å². The summed E-state index contributed by atoms with van der Waals surface area (Å²) in [5.41, 5.74) is 0. The summed E-state index contributed by atoms with van der Waals surface area (Å²) in [5.74, 6) is 0. The number of rotatable bonds is 4. The van der Waals surface area contributed by atoms with E-state index in [1.807, 2.05) is 0 Å². The van der Waals surface area contributed by atoms with Crippen molar-refractivity contribution < 1.29 is 95.6 Å². The van der Waals surface area contributed by atoms with Crippen LogP contribution in [0.1, 0.15) is 0 Å². The summed E-state index contributed by atoms with van der Waals surface area (Å²) in [6, 6.07) is 0. The molecule has 0 rings (SSSR count). The van der Waals surface area contributed by atoms with Crippen LogP contribution in [0.2, 0.25) is 0 Å². The second-order valence-corrected chi connectivity index (χ2v) is 7.29. The summed E-state index contributed by atoms with van der Waals surface area (Å²) < 4.78 is 44.9. The van der Waals surface area contributed by atoms with E-state index >= 15 is 0 Å². The Morgan fingerprint density at radius 2 is 1.00 bits per heavy atom. The maximum absolute atomic E-state index is 10.3. The molecule has 2 unspecified atom stereocenters. The van der Waals surface area contributed by atoms with Crippen LogP contribution in [0.3, 0.4) is 0 Å². The molecule has 0 amide bonds. The van der Waals surface area contributed by atoms with Gasteiger partial charge in [0.25, 0.3) is 7.82 Å². The third-order valence-electron chi connectivity index (χ3n) is 0.416. The summed E-state index contributed by atoms with van der Waals surface area (Å²) in [6.45, 7) is 0. The predicted octanol–water partition coefficient (Wildman–Crippen LogP) is -5.25. The molecule has 0 fully saturated rings. The monoisotopic (exact) mass is 378 g/mol. The fraction of sp³-hybridized carbons (Fsp3) is 0. The van der Waals surface area contributed by atoms with E-state index in [-0.39, 0.29) is 29.6 Å². The predicted molar refractivity (Wildman–Crippen MR) is 48.1 cm³/mol.